The highest BCUT2D eigenvalue weighted by atomic mass is 20.0. The SMILES string of the molecule is F.FF.Nc1ccccc1O.[HH]. The van der Waals surface area contributed by atoms with Crippen molar-refractivity contribution in [1.29, 1.82) is 0 Å². The summed E-state index contributed by atoms with van der Waals surface area (Å²) in [5.41, 5.74) is 5.69. The van der Waals surface area contributed by atoms with E-state index < -0.39 is 0 Å². The molecule has 0 aliphatic rings. The Bertz CT molecular complexity index is 179. The molecule has 0 saturated carbocycles. The van der Waals surface area contributed by atoms with Crippen LogP contribution in [0.1, 0.15) is 1.43 Å². The predicted molar refractivity (Wildman–Crippen MR) is 39.4 cm³/mol. The lowest BCUT2D eigenvalue weighted by Crippen LogP contribution is -1.82. The van der Waals surface area contributed by atoms with Crippen LogP contribution in [0.3, 0.4) is 0 Å². The first-order chi connectivity index (χ1) is 4.80. The summed E-state index contributed by atoms with van der Waals surface area (Å²) >= 11 is 0. The maximum Gasteiger partial charge on any atom is 0.138 e. The average molecular weight is 169 g/mol. The molecule has 0 atom stereocenters. The van der Waals surface area contributed by atoms with E-state index in [9.17, 15) is 0 Å². The maximum absolute atomic E-state index is 8.79. The molecule has 1 aromatic carbocycles. The van der Waals surface area contributed by atoms with Crippen molar-refractivity contribution in [3.05, 3.63) is 24.3 Å². The molecule has 0 spiro atoms. The van der Waals surface area contributed by atoms with Gasteiger partial charge in [0.15, 0.2) is 0 Å². The minimum atomic E-state index is 0. The summed E-state index contributed by atoms with van der Waals surface area (Å²) in [6, 6.07) is 6.70. The number of hydrogen-bond acceptors (Lipinski definition) is 2. The molecule has 5 heteroatoms. The number of anilines is 1. The number of hydrogen-bond donors (Lipinski definition) is 2. The van der Waals surface area contributed by atoms with Gasteiger partial charge in [-0.15, -0.1) is 0 Å². The van der Waals surface area contributed by atoms with Gasteiger partial charge >= 0.3 is 0 Å². The summed E-state index contributed by atoms with van der Waals surface area (Å²) in [6.45, 7) is 0. The van der Waals surface area contributed by atoms with E-state index in [0.29, 0.717) is 5.69 Å². The molecule has 66 valence electrons. The van der Waals surface area contributed by atoms with Crippen molar-refractivity contribution < 1.29 is 20.4 Å². The Kier molecular flexibility index (Phi) is 7.52. The lowest BCUT2D eigenvalue weighted by molar-refractivity contribution is 0.108. The molecule has 0 aliphatic carbocycles. The van der Waals surface area contributed by atoms with Crippen LogP contribution in [0.15, 0.2) is 24.3 Å². The van der Waals surface area contributed by atoms with E-state index in [1.807, 2.05) is 0 Å². The first-order valence-electron chi connectivity index (χ1n) is 2.48. The van der Waals surface area contributed by atoms with Crippen LogP contribution < -0.4 is 5.73 Å². The van der Waals surface area contributed by atoms with Crippen LogP contribution in [0, 0.1) is 0 Å². The second-order valence-corrected chi connectivity index (χ2v) is 1.56. The molecular formula is C6H10F3NO. The van der Waals surface area contributed by atoms with Crippen molar-refractivity contribution in [2.45, 2.75) is 0 Å². The van der Waals surface area contributed by atoms with Gasteiger partial charge in [0.1, 0.15) is 5.75 Å². The molecule has 2 nitrogen and oxygen atoms in total. The van der Waals surface area contributed by atoms with Gasteiger partial charge in [-0.2, -0.15) is 0 Å². The normalized spacial score (nSPS) is 7.09. The largest absolute Gasteiger partial charge is 0.506 e. The third-order valence-electron chi connectivity index (χ3n) is 0.937. The predicted octanol–water partition coefficient (Wildman–Crippen LogP) is 2.21. The second kappa shape index (κ2) is 6.73. The summed E-state index contributed by atoms with van der Waals surface area (Å²) in [5, 5.41) is 8.79. The van der Waals surface area contributed by atoms with Crippen molar-refractivity contribution in [3.63, 3.8) is 0 Å². The van der Waals surface area contributed by atoms with Crippen LogP contribution in [0.25, 0.3) is 0 Å². The highest BCUT2D eigenvalue weighted by molar-refractivity contribution is 5.50. The lowest BCUT2D eigenvalue weighted by atomic mass is 10.3. The Balaban J connectivity index is -0.000000189. The number of nitrogen functional groups attached to an aromatic ring is 1. The van der Waals surface area contributed by atoms with Crippen molar-refractivity contribution >= 4 is 5.69 Å². The molecular weight excluding hydrogens is 159 g/mol. The monoisotopic (exact) mass is 169 g/mol. The number of benzene rings is 1. The topological polar surface area (TPSA) is 46.2 Å². The molecule has 0 fully saturated rings. The van der Waals surface area contributed by atoms with Gasteiger partial charge in [0.2, 0.25) is 0 Å². The van der Waals surface area contributed by atoms with E-state index in [-0.39, 0.29) is 11.9 Å². The molecule has 0 aliphatic heterocycles. The smallest absolute Gasteiger partial charge is 0.138 e. The molecule has 0 unspecified atom stereocenters. The zero-order valence-electron chi connectivity index (χ0n) is 5.50. The molecule has 0 heterocycles. The minimum Gasteiger partial charge on any atom is -0.506 e. The second-order valence-electron chi connectivity index (χ2n) is 1.56. The number of para-hydroxylation sites is 2. The van der Waals surface area contributed by atoms with Gasteiger partial charge in [0.05, 0.1) is 5.69 Å². The fourth-order valence-corrected chi connectivity index (χ4v) is 0.488. The van der Waals surface area contributed by atoms with Gasteiger partial charge in [-0.1, -0.05) is 12.1 Å². The van der Waals surface area contributed by atoms with Crippen LogP contribution in [-0.2, 0) is 0 Å². The van der Waals surface area contributed by atoms with Crippen molar-refractivity contribution in [2.24, 2.45) is 0 Å². The van der Waals surface area contributed by atoms with E-state index in [0.717, 1.165) is 0 Å². The molecule has 0 radical (unpaired) electrons. The molecule has 0 aromatic heterocycles. The zero-order chi connectivity index (χ0) is 7.98. The quantitative estimate of drug-likeness (QED) is 0.462. The van der Waals surface area contributed by atoms with E-state index in [4.69, 9.17) is 20.0 Å². The van der Waals surface area contributed by atoms with E-state index in [1.54, 1.807) is 24.3 Å². The third-order valence-corrected chi connectivity index (χ3v) is 0.937. The van der Waals surface area contributed by atoms with Gasteiger partial charge in [-0.3, -0.25) is 4.70 Å². The molecule has 3 N–H and O–H groups in total. The molecule has 0 saturated heterocycles. The Labute approximate surface area is 63.0 Å². The number of phenols is 1. The molecule has 0 amide bonds. The summed E-state index contributed by atoms with van der Waals surface area (Å²) in [5.74, 6) is 0.146. The zero-order valence-corrected chi connectivity index (χ0v) is 5.50. The molecule has 0 bridgehead atoms. The van der Waals surface area contributed by atoms with Crippen molar-refractivity contribution in [3.8, 4) is 5.75 Å². The number of nitrogens with two attached hydrogens (primary N) is 1. The van der Waals surface area contributed by atoms with Gasteiger partial charge in [-0.25, -0.2) is 0 Å². The molecule has 11 heavy (non-hydrogen) atoms. The Morgan fingerprint density at radius 2 is 1.73 bits per heavy atom. The maximum atomic E-state index is 8.79. The highest BCUT2D eigenvalue weighted by Crippen LogP contribution is 2.16. The standard InChI is InChI=1S/C6H7NO.F2.FH.H2/c7-5-3-1-2-4-6(5)8;1-2;;/h1-4,8H,7H2;;2*1H. The number of rotatable bonds is 0. The van der Waals surface area contributed by atoms with Crippen LogP contribution in [0.2, 0.25) is 0 Å². The Morgan fingerprint density at radius 3 is 2.00 bits per heavy atom. The lowest BCUT2D eigenvalue weighted by Gasteiger charge is -1.92. The van der Waals surface area contributed by atoms with Crippen LogP contribution in [0.4, 0.5) is 19.5 Å². The fraction of sp³-hybridized carbons (Fsp3) is 0. The highest BCUT2D eigenvalue weighted by Gasteiger charge is 1.87. The number of aromatic hydroxyl groups is 1. The van der Waals surface area contributed by atoms with Crippen LogP contribution in [0.5, 0.6) is 5.75 Å². The molecule has 1 aromatic rings. The fourth-order valence-electron chi connectivity index (χ4n) is 0.488. The van der Waals surface area contributed by atoms with Gasteiger partial charge in [0, 0.05) is 10.6 Å². The van der Waals surface area contributed by atoms with Gasteiger partial charge < -0.3 is 10.8 Å². The number of phenolic OH excluding ortho intramolecular Hbond substituents is 1. The summed E-state index contributed by atoms with van der Waals surface area (Å²) < 4.78 is 16.0. The first kappa shape index (κ1) is 12.3. The van der Waals surface area contributed by atoms with Crippen molar-refractivity contribution in [2.75, 3.05) is 5.73 Å². The van der Waals surface area contributed by atoms with E-state index >= 15 is 0 Å². The third kappa shape index (κ3) is 4.07. The van der Waals surface area contributed by atoms with Gasteiger partial charge in [-0.05, 0) is 12.1 Å². The first-order valence-corrected chi connectivity index (χ1v) is 2.48. The summed E-state index contributed by atoms with van der Waals surface area (Å²) in [6.07, 6.45) is 0. The Morgan fingerprint density at radius 1 is 1.27 bits per heavy atom. The Hall–Kier alpha value is -1.39. The summed E-state index contributed by atoms with van der Waals surface area (Å²) in [4.78, 5) is 0. The van der Waals surface area contributed by atoms with E-state index in [2.05, 4.69) is 0 Å². The van der Waals surface area contributed by atoms with Gasteiger partial charge in [0.25, 0.3) is 0 Å². The average Bonchev–Trinajstić information content (AvgIpc) is 2.00. The summed E-state index contributed by atoms with van der Waals surface area (Å²) in [7, 11) is 0. The molecule has 1 rings (SSSR count). The van der Waals surface area contributed by atoms with Crippen LogP contribution in [-0.4, -0.2) is 5.11 Å². The van der Waals surface area contributed by atoms with Crippen LogP contribution >= 0.6 is 0 Å². The minimum absolute atomic E-state index is 0. The van der Waals surface area contributed by atoms with Crippen molar-refractivity contribution in [1.82, 2.24) is 0 Å². The number of halogens is 3. The van der Waals surface area contributed by atoms with E-state index in [1.165, 1.54) is 0 Å².